The molecule has 0 spiro atoms. The zero-order chi connectivity index (χ0) is 15.1. The highest BCUT2D eigenvalue weighted by Gasteiger charge is 2.16. The Balaban J connectivity index is 1.80. The zero-order valence-electron chi connectivity index (χ0n) is 12.4. The maximum Gasteiger partial charge on any atom is 0.196 e. The molecule has 0 N–H and O–H groups in total. The second kappa shape index (κ2) is 4.84. The van der Waals surface area contributed by atoms with Crippen LogP contribution in [0.1, 0.15) is 5.56 Å². The van der Waals surface area contributed by atoms with Crippen LogP contribution in [0.4, 0.5) is 5.82 Å². The van der Waals surface area contributed by atoms with Crippen molar-refractivity contribution < 1.29 is 4.42 Å². The fourth-order valence-corrected chi connectivity index (χ4v) is 2.69. The maximum absolute atomic E-state index is 5.96. The monoisotopic (exact) mass is 293 g/mol. The molecule has 4 rings (SSSR count). The molecule has 4 aromatic rings. The summed E-state index contributed by atoms with van der Waals surface area (Å²) >= 11 is 0. The summed E-state index contributed by atoms with van der Waals surface area (Å²) in [5.74, 6) is 0.782. The van der Waals surface area contributed by atoms with Gasteiger partial charge in [0.25, 0.3) is 0 Å². The van der Waals surface area contributed by atoms with Gasteiger partial charge in [0, 0.05) is 37.8 Å². The average Bonchev–Trinajstić information content (AvgIpc) is 3.10. The highest BCUT2D eigenvalue weighted by molar-refractivity contribution is 6.05. The summed E-state index contributed by atoms with van der Waals surface area (Å²) in [5, 5.41) is 5.20. The number of furan rings is 1. The van der Waals surface area contributed by atoms with Gasteiger partial charge in [-0.15, -0.1) is 0 Å². The van der Waals surface area contributed by atoms with Crippen molar-refractivity contribution in [3.8, 4) is 0 Å². The van der Waals surface area contributed by atoms with Gasteiger partial charge in [-0.3, -0.25) is 4.68 Å². The molecule has 0 atom stereocenters. The minimum absolute atomic E-state index is 0.705. The molecule has 0 saturated heterocycles. The van der Waals surface area contributed by atoms with Gasteiger partial charge in [-0.05, 0) is 12.1 Å². The normalized spacial score (nSPS) is 11.4. The molecule has 0 aliphatic heterocycles. The van der Waals surface area contributed by atoms with Crippen LogP contribution in [0, 0.1) is 0 Å². The largest absolute Gasteiger partial charge is 0.450 e. The quantitative estimate of drug-likeness (QED) is 0.581. The van der Waals surface area contributed by atoms with Gasteiger partial charge in [0.15, 0.2) is 11.4 Å². The molecule has 0 bridgehead atoms. The summed E-state index contributed by atoms with van der Waals surface area (Å²) in [4.78, 5) is 10.8. The first-order valence-corrected chi connectivity index (χ1v) is 7.03. The first-order valence-electron chi connectivity index (χ1n) is 7.03. The van der Waals surface area contributed by atoms with Crippen LogP contribution in [0.2, 0.25) is 0 Å². The van der Waals surface area contributed by atoms with Gasteiger partial charge in [0.2, 0.25) is 0 Å². The molecule has 0 aliphatic rings. The number of aryl methyl sites for hydroxylation is 1. The Morgan fingerprint density at radius 3 is 2.91 bits per heavy atom. The number of hydrogen-bond acceptors (Lipinski definition) is 5. The summed E-state index contributed by atoms with van der Waals surface area (Å²) in [6, 6.07) is 7.90. The summed E-state index contributed by atoms with van der Waals surface area (Å²) in [6.45, 7) is 0.705. The van der Waals surface area contributed by atoms with E-state index in [0.717, 1.165) is 33.5 Å². The Hall–Kier alpha value is -2.89. The van der Waals surface area contributed by atoms with Crippen LogP contribution in [-0.4, -0.2) is 26.8 Å². The lowest BCUT2D eigenvalue weighted by Gasteiger charge is -2.16. The lowest BCUT2D eigenvalue weighted by Crippen LogP contribution is -2.17. The molecule has 0 radical (unpaired) electrons. The van der Waals surface area contributed by atoms with E-state index in [9.17, 15) is 0 Å². The van der Waals surface area contributed by atoms with Gasteiger partial charge in [-0.1, -0.05) is 12.1 Å². The number of fused-ring (bicyclic) bond motifs is 3. The second-order valence-electron chi connectivity index (χ2n) is 5.35. The number of aromatic nitrogens is 4. The van der Waals surface area contributed by atoms with E-state index in [-0.39, 0.29) is 0 Å². The third kappa shape index (κ3) is 2.00. The van der Waals surface area contributed by atoms with Crippen molar-refractivity contribution in [3.63, 3.8) is 0 Å². The summed E-state index contributed by atoms with van der Waals surface area (Å²) in [5.41, 5.74) is 3.51. The molecule has 1 aromatic carbocycles. The Labute approximate surface area is 127 Å². The smallest absolute Gasteiger partial charge is 0.196 e. The third-order valence-electron chi connectivity index (χ3n) is 3.68. The first-order chi connectivity index (χ1) is 10.7. The molecular formula is C16H15N5O. The van der Waals surface area contributed by atoms with Gasteiger partial charge in [-0.25, -0.2) is 9.97 Å². The van der Waals surface area contributed by atoms with E-state index in [4.69, 9.17) is 4.42 Å². The predicted molar refractivity (Wildman–Crippen MR) is 84.6 cm³/mol. The zero-order valence-corrected chi connectivity index (χ0v) is 12.4. The second-order valence-corrected chi connectivity index (χ2v) is 5.35. The number of benzene rings is 1. The first kappa shape index (κ1) is 12.8. The van der Waals surface area contributed by atoms with E-state index in [1.165, 1.54) is 0 Å². The Morgan fingerprint density at radius 1 is 1.23 bits per heavy atom. The number of anilines is 1. The molecule has 3 heterocycles. The summed E-state index contributed by atoms with van der Waals surface area (Å²) in [6.07, 6.45) is 5.43. The van der Waals surface area contributed by atoms with E-state index in [0.29, 0.717) is 6.54 Å². The molecule has 0 fully saturated rings. The van der Waals surface area contributed by atoms with Crippen molar-refractivity contribution in [2.24, 2.45) is 7.05 Å². The highest BCUT2D eigenvalue weighted by Crippen LogP contribution is 2.31. The van der Waals surface area contributed by atoms with Gasteiger partial charge >= 0.3 is 0 Å². The van der Waals surface area contributed by atoms with E-state index in [1.807, 2.05) is 55.7 Å². The van der Waals surface area contributed by atoms with Crippen LogP contribution < -0.4 is 4.90 Å². The van der Waals surface area contributed by atoms with Crippen LogP contribution in [0.3, 0.4) is 0 Å². The average molecular weight is 293 g/mol. The minimum atomic E-state index is 0.705. The molecule has 6 nitrogen and oxygen atoms in total. The molecule has 3 aromatic heterocycles. The fraction of sp³-hybridized carbons (Fsp3) is 0.188. The van der Waals surface area contributed by atoms with Gasteiger partial charge in [0.1, 0.15) is 17.4 Å². The lowest BCUT2D eigenvalue weighted by atomic mass is 10.2. The van der Waals surface area contributed by atoms with Crippen LogP contribution >= 0.6 is 0 Å². The fourth-order valence-electron chi connectivity index (χ4n) is 2.69. The molecule has 110 valence electrons. The van der Waals surface area contributed by atoms with Crippen LogP contribution in [0.5, 0.6) is 0 Å². The van der Waals surface area contributed by atoms with Crippen molar-refractivity contribution in [1.82, 2.24) is 19.7 Å². The Morgan fingerprint density at radius 2 is 2.09 bits per heavy atom. The highest BCUT2D eigenvalue weighted by atomic mass is 16.3. The number of nitrogens with zero attached hydrogens (tertiary/aromatic N) is 5. The Kier molecular flexibility index (Phi) is 2.82. The molecule has 6 heteroatoms. The third-order valence-corrected chi connectivity index (χ3v) is 3.68. The lowest BCUT2D eigenvalue weighted by molar-refractivity contribution is 0.662. The van der Waals surface area contributed by atoms with E-state index < -0.39 is 0 Å². The van der Waals surface area contributed by atoms with Crippen molar-refractivity contribution in [3.05, 3.63) is 48.5 Å². The van der Waals surface area contributed by atoms with Crippen molar-refractivity contribution in [1.29, 1.82) is 0 Å². The molecular weight excluding hydrogens is 278 g/mol. The van der Waals surface area contributed by atoms with Crippen LogP contribution in [-0.2, 0) is 13.6 Å². The maximum atomic E-state index is 5.96. The number of hydrogen-bond donors (Lipinski definition) is 0. The van der Waals surface area contributed by atoms with E-state index >= 15 is 0 Å². The number of para-hydroxylation sites is 1. The standard InChI is InChI=1S/C16H15N5O/c1-20(8-11-7-19-21(2)9-11)16-15-14(17-10-18-16)12-5-3-4-6-13(12)22-15/h3-7,9-10H,8H2,1-2H3. The summed E-state index contributed by atoms with van der Waals surface area (Å²) < 4.78 is 7.75. The molecule has 0 unspecified atom stereocenters. The predicted octanol–water partition coefficient (Wildman–Crippen LogP) is 2.75. The van der Waals surface area contributed by atoms with Crippen molar-refractivity contribution in [2.75, 3.05) is 11.9 Å². The van der Waals surface area contributed by atoms with E-state index in [1.54, 1.807) is 11.0 Å². The van der Waals surface area contributed by atoms with Gasteiger partial charge in [0.05, 0.1) is 6.20 Å². The van der Waals surface area contributed by atoms with Crippen molar-refractivity contribution >= 4 is 27.9 Å². The topological polar surface area (TPSA) is 60.0 Å². The van der Waals surface area contributed by atoms with Gasteiger partial charge in [-0.2, -0.15) is 5.10 Å². The molecule has 0 aliphatic carbocycles. The van der Waals surface area contributed by atoms with Gasteiger partial charge < -0.3 is 9.32 Å². The van der Waals surface area contributed by atoms with E-state index in [2.05, 4.69) is 15.1 Å². The molecule has 0 saturated carbocycles. The SMILES string of the molecule is CN(Cc1cnn(C)c1)c1ncnc2c1oc1ccccc12. The molecule has 0 amide bonds. The Bertz CT molecular complexity index is 955. The molecule has 22 heavy (non-hydrogen) atoms. The van der Waals surface area contributed by atoms with Crippen molar-refractivity contribution in [2.45, 2.75) is 6.54 Å². The minimum Gasteiger partial charge on any atom is -0.450 e. The van der Waals surface area contributed by atoms with Crippen LogP contribution in [0.25, 0.3) is 22.1 Å². The van der Waals surface area contributed by atoms with Crippen LogP contribution in [0.15, 0.2) is 47.4 Å². The number of rotatable bonds is 3. The summed E-state index contributed by atoms with van der Waals surface area (Å²) in [7, 11) is 3.90.